The molecule has 2 aromatic rings. The number of hydrogen-bond donors (Lipinski definition) is 1. The number of hydrogen-bond acceptors (Lipinski definition) is 9. The lowest BCUT2D eigenvalue weighted by Crippen LogP contribution is -2.36. The van der Waals surface area contributed by atoms with Crippen molar-refractivity contribution in [3.05, 3.63) is 52.1 Å². The van der Waals surface area contributed by atoms with Gasteiger partial charge in [0.05, 0.1) is 38.4 Å². The van der Waals surface area contributed by atoms with E-state index in [9.17, 15) is 19.7 Å². The zero-order valence-corrected chi connectivity index (χ0v) is 17.7. The van der Waals surface area contributed by atoms with Gasteiger partial charge in [0.2, 0.25) is 0 Å². The van der Waals surface area contributed by atoms with Gasteiger partial charge in [0.25, 0.3) is 11.6 Å². The number of morpholine rings is 1. The van der Waals surface area contributed by atoms with E-state index in [1.54, 1.807) is 12.1 Å². The first kappa shape index (κ1) is 22.8. The molecule has 0 atom stereocenters. The fraction of sp³-hybridized carbons (Fsp3) is 0.333. The van der Waals surface area contributed by atoms with Gasteiger partial charge in [-0.3, -0.25) is 14.9 Å². The van der Waals surface area contributed by atoms with Gasteiger partial charge in [0, 0.05) is 30.5 Å². The molecule has 1 fully saturated rings. The predicted molar refractivity (Wildman–Crippen MR) is 115 cm³/mol. The van der Waals surface area contributed by atoms with E-state index in [0.29, 0.717) is 18.9 Å². The van der Waals surface area contributed by atoms with Crippen molar-refractivity contribution in [3.8, 4) is 11.5 Å². The quantitative estimate of drug-likeness (QED) is 0.369. The minimum atomic E-state index is -1.03. The Kier molecular flexibility index (Phi) is 7.45. The molecule has 1 heterocycles. The molecule has 0 unspecified atom stereocenters. The van der Waals surface area contributed by atoms with E-state index < -0.39 is 29.1 Å². The summed E-state index contributed by atoms with van der Waals surface area (Å²) in [6.07, 6.45) is 0. The Hall–Kier alpha value is -3.86. The molecule has 1 amide bonds. The summed E-state index contributed by atoms with van der Waals surface area (Å²) in [4.78, 5) is 37.3. The van der Waals surface area contributed by atoms with Crippen LogP contribution in [-0.4, -0.2) is 63.9 Å². The summed E-state index contributed by atoms with van der Waals surface area (Å²) in [7, 11) is 2.65. The summed E-state index contributed by atoms with van der Waals surface area (Å²) in [5, 5.41) is 13.9. The van der Waals surface area contributed by atoms with Gasteiger partial charge in [-0.15, -0.1) is 0 Å². The number of nitro benzene ring substituents is 1. The molecule has 0 aliphatic carbocycles. The van der Waals surface area contributed by atoms with Crippen LogP contribution < -0.4 is 19.7 Å². The summed E-state index contributed by atoms with van der Waals surface area (Å²) in [6, 6.07) is 9.43. The van der Waals surface area contributed by atoms with Crippen LogP contribution in [0.25, 0.3) is 0 Å². The molecule has 1 aliphatic heterocycles. The van der Waals surface area contributed by atoms with Crippen LogP contribution in [0.2, 0.25) is 0 Å². The monoisotopic (exact) mass is 445 g/mol. The molecule has 1 aliphatic rings. The number of nitro groups is 1. The maximum Gasteiger partial charge on any atom is 0.345 e. The molecule has 0 spiro atoms. The van der Waals surface area contributed by atoms with Crippen molar-refractivity contribution in [1.82, 2.24) is 0 Å². The molecular weight excluding hydrogens is 422 g/mol. The number of anilines is 2. The van der Waals surface area contributed by atoms with Crippen molar-refractivity contribution < 1.29 is 33.5 Å². The molecule has 0 aromatic heterocycles. The molecule has 2 aromatic carbocycles. The lowest BCUT2D eigenvalue weighted by atomic mass is 10.1. The number of benzene rings is 2. The SMILES string of the molecule is COc1cc(C(=O)OCC(=O)Nc2ccc(N3CCOCC3)cc2)c([N+](=O)[O-])cc1OC. The molecule has 11 heteroatoms. The zero-order chi connectivity index (χ0) is 23.1. The van der Waals surface area contributed by atoms with Gasteiger partial charge in [-0.1, -0.05) is 0 Å². The highest BCUT2D eigenvalue weighted by molar-refractivity contribution is 5.98. The number of rotatable bonds is 8. The molecule has 170 valence electrons. The van der Waals surface area contributed by atoms with Crippen LogP contribution in [0, 0.1) is 10.1 Å². The van der Waals surface area contributed by atoms with Gasteiger partial charge in [-0.2, -0.15) is 0 Å². The smallest absolute Gasteiger partial charge is 0.345 e. The summed E-state index contributed by atoms with van der Waals surface area (Å²) >= 11 is 0. The predicted octanol–water partition coefficient (Wildman–Crippen LogP) is 2.24. The third-order valence-electron chi connectivity index (χ3n) is 4.78. The average Bonchev–Trinajstić information content (AvgIpc) is 2.82. The Bertz CT molecular complexity index is 987. The summed E-state index contributed by atoms with van der Waals surface area (Å²) in [6.45, 7) is 2.31. The van der Waals surface area contributed by atoms with E-state index >= 15 is 0 Å². The minimum absolute atomic E-state index is 0.0917. The topological polar surface area (TPSA) is 129 Å². The van der Waals surface area contributed by atoms with Crippen molar-refractivity contribution in [2.24, 2.45) is 0 Å². The second kappa shape index (κ2) is 10.4. The van der Waals surface area contributed by atoms with Gasteiger partial charge in [0.15, 0.2) is 18.1 Å². The molecule has 32 heavy (non-hydrogen) atoms. The second-order valence-corrected chi connectivity index (χ2v) is 6.75. The number of methoxy groups -OCH3 is 2. The van der Waals surface area contributed by atoms with E-state index in [0.717, 1.165) is 30.9 Å². The number of carbonyl (C=O) groups excluding carboxylic acids is 2. The van der Waals surface area contributed by atoms with E-state index in [-0.39, 0.29) is 17.1 Å². The number of nitrogens with one attached hydrogen (secondary N) is 1. The largest absolute Gasteiger partial charge is 0.493 e. The Morgan fingerprint density at radius 1 is 1.09 bits per heavy atom. The van der Waals surface area contributed by atoms with Crippen molar-refractivity contribution in [3.63, 3.8) is 0 Å². The van der Waals surface area contributed by atoms with Crippen LogP contribution >= 0.6 is 0 Å². The van der Waals surface area contributed by atoms with Crippen LogP contribution in [0.1, 0.15) is 10.4 Å². The van der Waals surface area contributed by atoms with Crippen molar-refractivity contribution >= 4 is 28.9 Å². The number of amides is 1. The number of nitrogens with zero attached hydrogens (tertiary/aromatic N) is 2. The number of carbonyl (C=O) groups is 2. The fourth-order valence-electron chi connectivity index (χ4n) is 3.17. The molecule has 0 radical (unpaired) electrons. The van der Waals surface area contributed by atoms with Crippen molar-refractivity contribution in [2.45, 2.75) is 0 Å². The van der Waals surface area contributed by atoms with Gasteiger partial charge in [-0.25, -0.2) is 4.79 Å². The van der Waals surface area contributed by atoms with Gasteiger partial charge in [-0.05, 0) is 24.3 Å². The lowest BCUT2D eigenvalue weighted by molar-refractivity contribution is -0.385. The number of esters is 1. The highest BCUT2D eigenvalue weighted by Gasteiger charge is 2.26. The molecule has 0 bridgehead atoms. The molecule has 11 nitrogen and oxygen atoms in total. The average molecular weight is 445 g/mol. The lowest BCUT2D eigenvalue weighted by Gasteiger charge is -2.28. The first-order chi connectivity index (χ1) is 15.4. The molecule has 0 saturated carbocycles. The summed E-state index contributed by atoms with van der Waals surface area (Å²) in [5.41, 5.74) is 0.667. The highest BCUT2D eigenvalue weighted by atomic mass is 16.6. The van der Waals surface area contributed by atoms with Crippen LogP contribution in [0.4, 0.5) is 17.1 Å². The van der Waals surface area contributed by atoms with Crippen molar-refractivity contribution in [1.29, 1.82) is 0 Å². The van der Waals surface area contributed by atoms with Crippen LogP contribution in [-0.2, 0) is 14.3 Å². The van der Waals surface area contributed by atoms with Gasteiger partial charge >= 0.3 is 5.97 Å². The zero-order valence-electron chi connectivity index (χ0n) is 17.7. The highest BCUT2D eigenvalue weighted by Crippen LogP contribution is 2.34. The van der Waals surface area contributed by atoms with E-state index in [1.807, 2.05) is 12.1 Å². The normalized spacial score (nSPS) is 13.2. The summed E-state index contributed by atoms with van der Waals surface area (Å²) in [5.74, 6) is -1.40. The third-order valence-corrected chi connectivity index (χ3v) is 4.78. The first-order valence-corrected chi connectivity index (χ1v) is 9.73. The standard InChI is InChI=1S/C21H23N3O8/c1-29-18-11-16(17(24(27)28)12-19(18)30-2)21(26)32-13-20(25)22-14-3-5-15(6-4-14)23-7-9-31-10-8-23/h3-6,11-12H,7-10,13H2,1-2H3,(H,22,25). The van der Waals surface area contributed by atoms with Crippen LogP contribution in [0.15, 0.2) is 36.4 Å². The van der Waals surface area contributed by atoms with Gasteiger partial charge in [0.1, 0.15) is 5.56 Å². The van der Waals surface area contributed by atoms with E-state index in [1.165, 1.54) is 14.2 Å². The minimum Gasteiger partial charge on any atom is -0.493 e. The first-order valence-electron chi connectivity index (χ1n) is 9.73. The fourth-order valence-corrected chi connectivity index (χ4v) is 3.17. The second-order valence-electron chi connectivity index (χ2n) is 6.75. The Balaban J connectivity index is 1.61. The Labute approximate surface area is 184 Å². The van der Waals surface area contributed by atoms with E-state index in [4.69, 9.17) is 18.9 Å². The van der Waals surface area contributed by atoms with Gasteiger partial charge < -0.3 is 29.2 Å². The maximum absolute atomic E-state index is 12.4. The van der Waals surface area contributed by atoms with Crippen LogP contribution in [0.3, 0.4) is 0 Å². The molecular formula is C21H23N3O8. The van der Waals surface area contributed by atoms with Crippen molar-refractivity contribution in [2.75, 3.05) is 57.3 Å². The maximum atomic E-state index is 12.4. The molecule has 1 saturated heterocycles. The van der Waals surface area contributed by atoms with Crippen LogP contribution in [0.5, 0.6) is 11.5 Å². The Morgan fingerprint density at radius 2 is 1.72 bits per heavy atom. The summed E-state index contributed by atoms with van der Waals surface area (Å²) < 4.78 is 20.4. The molecule has 1 N–H and O–H groups in total. The molecule has 3 rings (SSSR count). The third kappa shape index (κ3) is 5.43. The number of ether oxygens (including phenoxy) is 4. The Morgan fingerprint density at radius 3 is 2.31 bits per heavy atom. The van der Waals surface area contributed by atoms with E-state index in [2.05, 4.69) is 10.2 Å².